The van der Waals surface area contributed by atoms with Crippen molar-refractivity contribution < 1.29 is 22.7 Å². The number of fused-ring (bicyclic) bond motifs is 1. The lowest BCUT2D eigenvalue weighted by atomic mass is 10.1. The molecule has 1 aliphatic rings. The van der Waals surface area contributed by atoms with Gasteiger partial charge in [-0.3, -0.25) is 4.79 Å². The number of sulfonamides is 1. The zero-order chi connectivity index (χ0) is 19.4. The van der Waals surface area contributed by atoms with Crippen LogP contribution in [-0.2, 0) is 21.2 Å². The number of likely N-dealkylation sites (N-methyl/N-ethyl adjacent to an activating group) is 1. The quantitative estimate of drug-likeness (QED) is 0.727. The molecular formula is C17H19ClN2O5S2. The van der Waals surface area contributed by atoms with Crippen LogP contribution in [0.5, 0.6) is 11.5 Å². The predicted octanol–water partition coefficient (Wildman–Crippen LogP) is 2.15. The van der Waals surface area contributed by atoms with Crippen molar-refractivity contribution in [2.75, 3.05) is 33.4 Å². The lowest BCUT2D eigenvalue weighted by Gasteiger charge is -2.20. The smallest absolute Gasteiger partial charge is 0.252 e. The standard InChI is InChI=1S/C17H19ClN2O5S2/c1-20(27(22,23)16-3-2-8-26-16)11-15(21)19-5-4-12-9-13(18)17-14(10-12)24-6-7-25-17/h2-3,8-10H,4-7,11H2,1H3,(H,19,21). The number of hydrogen-bond donors (Lipinski definition) is 1. The molecule has 10 heteroatoms. The monoisotopic (exact) mass is 430 g/mol. The number of nitrogens with one attached hydrogen (secondary N) is 1. The average molecular weight is 431 g/mol. The summed E-state index contributed by atoms with van der Waals surface area (Å²) >= 11 is 7.31. The van der Waals surface area contributed by atoms with Crippen LogP contribution in [0.4, 0.5) is 0 Å². The molecule has 0 aliphatic carbocycles. The number of carbonyl (C=O) groups is 1. The molecule has 1 N–H and O–H groups in total. The maximum Gasteiger partial charge on any atom is 0.252 e. The number of halogens is 1. The molecule has 1 aromatic heterocycles. The second-order valence-corrected chi connectivity index (χ2v) is 9.52. The summed E-state index contributed by atoms with van der Waals surface area (Å²) in [6, 6.07) is 6.78. The van der Waals surface area contributed by atoms with Gasteiger partial charge >= 0.3 is 0 Å². The lowest BCUT2D eigenvalue weighted by molar-refractivity contribution is -0.121. The van der Waals surface area contributed by atoms with Crippen molar-refractivity contribution in [3.63, 3.8) is 0 Å². The molecule has 2 heterocycles. The van der Waals surface area contributed by atoms with Crippen LogP contribution in [0.25, 0.3) is 0 Å². The minimum Gasteiger partial charge on any atom is -0.486 e. The van der Waals surface area contributed by atoms with E-state index in [0.29, 0.717) is 42.7 Å². The van der Waals surface area contributed by atoms with Gasteiger partial charge in [0.15, 0.2) is 11.5 Å². The van der Waals surface area contributed by atoms with E-state index in [9.17, 15) is 13.2 Å². The van der Waals surface area contributed by atoms with Crippen molar-refractivity contribution in [2.24, 2.45) is 0 Å². The number of carbonyl (C=O) groups excluding carboxylic acids is 1. The Kier molecular flexibility index (Phi) is 6.25. The van der Waals surface area contributed by atoms with Crippen LogP contribution in [0.15, 0.2) is 33.9 Å². The van der Waals surface area contributed by atoms with Gasteiger partial charge in [0.25, 0.3) is 10.0 Å². The third-order valence-electron chi connectivity index (χ3n) is 3.92. The van der Waals surface area contributed by atoms with Crippen molar-refractivity contribution in [1.82, 2.24) is 9.62 Å². The number of amides is 1. The summed E-state index contributed by atoms with van der Waals surface area (Å²) in [6.45, 7) is 1.03. The van der Waals surface area contributed by atoms with Crippen LogP contribution < -0.4 is 14.8 Å². The molecule has 1 amide bonds. The Labute approximate surface area is 166 Å². The zero-order valence-electron chi connectivity index (χ0n) is 14.6. The Hall–Kier alpha value is -1.81. The molecule has 0 bridgehead atoms. The molecule has 146 valence electrons. The molecule has 0 atom stereocenters. The van der Waals surface area contributed by atoms with Crippen LogP contribution in [0, 0.1) is 0 Å². The number of benzene rings is 1. The fourth-order valence-electron chi connectivity index (χ4n) is 2.56. The van der Waals surface area contributed by atoms with Gasteiger partial charge in [-0.25, -0.2) is 8.42 Å². The van der Waals surface area contributed by atoms with Gasteiger partial charge in [-0.2, -0.15) is 4.31 Å². The van der Waals surface area contributed by atoms with Crippen LogP contribution in [0.1, 0.15) is 5.56 Å². The van der Waals surface area contributed by atoms with Crippen molar-refractivity contribution >= 4 is 38.9 Å². The minimum absolute atomic E-state index is 0.212. The van der Waals surface area contributed by atoms with Gasteiger partial charge < -0.3 is 14.8 Å². The van der Waals surface area contributed by atoms with Crippen LogP contribution in [0.2, 0.25) is 5.02 Å². The minimum atomic E-state index is -3.64. The maximum absolute atomic E-state index is 12.3. The summed E-state index contributed by atoms with van der Waals surface area (Å²) < 4.78 is 36.9. The summed E-state index contributed by atoms with van der Waals surface area (Å²) in [7, 11) is -2.26. The number of thiophene rings is 1. The molecule has 0 fully saturated rings. The first-order chi connectivity index (χ1) is 12.9. The number of nitrogens with zero attached hydrogens (tertiary/aromatic N) is 1. The molecular weight excluding hydrogens is 412 g/mol. The molecule has 2 aromatic rings. The predicted molar refractivity (Wildman–Crippen MR) is 103 cm³/mol. The largest absolute Gasteiger partial charge is 0.486 e. The normalized spacial score (nSPS) is 13.6. The molecule has 0 radical (unpaired) electrons. The number of hydrogen-bond acceptors (Lipinski definition) is 6. The Morgan fingerprint density at radius 2 is 2.11 bits per heavy atom. The number of ether oxygens (including phenoxy) is 2. The van der Waals surface area contributed by atoms with Gasteiger partial charge in [0, 0.05) is 13.6 Å². The zero-order valence-corrected chi connectivity index (χ0v) is 17.0. The van der Waals surface area contributed by atoms with Crippen molar-refractivity contribution in [3.05, 3.63) is 40.2 Å². The molecule has 0 unspecified atom stereocenters. The lowest BCUT2D eigenvalue weighted by Crippen LogP contribution is -2.38. The van der Waals surface area contributed by atoms with Crippen molar-refractivity contribution in [1.29, 1.82) is 0 Å². The van der Waals surface area contributed by atoms with Gasteiger partial charge in [0.05, 0.1) is 11.6 Å². The third kappa shape index (κ3) is 4.73. The number of rotatable bonds is 7. The van der Waals surface area contributed by atoms with Crippen molar-refractivity contribution in [2.45, 2.75) is 10.6 Å². The van der Waals surface area contributed by atoms with E-state index in [0.717, 1.165) is 21.2 Å². The highest BCUT2D eigenvalue weighted by molar-refractivity contribution is 7.91. The SMILES string of the molecule is CN(CC(=O)NCCc1cc(Cl)c2c(c1)OCCO2)S(=O)(=O)c1cccs1. The van der Waals surface area contributed by atoms with E-state index in [2.05, 4.69) is 5.32 Å². The third-order valence-corrected chi connectivity index (χ3v) is 7.38. The Balaban J connectivity index is 1.52. The van der Waals surface area contributed by atoms with Gasteiger partial charge in [-0.1, -0.05) is 17.7 Å². The van der Waals surface area contributed by atoms with E-state index in [1.54, 1.807) is 17.5 Å². The summed E-state index contributed by atoms with van der Waals surface area (Å²) in [5.74, 6) is 0.759. The average Bonchev–Trinajstić information content (AvgIpc) is 3.17. The fourth-order valence-corrected chi connectivity index (χ4v) is 5.18. The van der Waals surface area contributed by atoms with E-state index in [1.165, 1.54) is 13.1 Å². The summed E-state index contributed by atoms with van der Waals surface area (Å²) in [5, 5.41) is 4.87. The molecule has 1 aromatic carbocycles. The van der Waals surface area contributed by atoms with Crippen LogP contribution in [0.3, 0.4) is 0 Å². The Morgan fingerprint density at radius 1 is 1.33 bits per heavy atom. The Morgan fingerprint density at radius 3 is 2.85 bits per heavy atom. The van der Waals surface area contributed by atoms with Crippen LogP contribution in [-0.4, -0.2) is 52.0 Å². The highest BCUT2D eigenvalue weighted by Crippen LogP contribution is 2.38. The van der Waals surface area contributed by atoms with Gasteiger partial charge in [0.2, 0.25) is 5.91 Å². The molecule has 3 rings (SSSR count). The highest BCUT2D eigenvalue weighted by atomic mass is 35.5. The summed E-state index contributed by atoms with van der Waals surface area (Å²) in [5.41, 5.74) is 0.893. The van der Waals surface area contributed by atoms with Crippen molar-refractivity contribution in [3.8, 4) is 11.5 Å². The molecule has 0 spiro atoms. The van der Waals surface area contributed by atoms with Gasteiger partial charge in [-0.05, 0) is 35.6 Å². The summed E-state index contributed by atoms with van der Waals surface area (Å²) in [4.78, 5) is 12.1. The molecule has 0 saturated heterocycles. The van der Waals surface area contributed by atoms with E-state index in [4.69, 9.17) is 21.1 Å². The van der Waals surface area contributed by atoms with Gasteiger partial charge in [0.1, 0.15) is 17.4 Å². The topological polar surface area (TPSA) is 84.9 Å². The van der Waals surface area contributed by atoms with E-state index in [-0.39, 0.29) is 16.7 Å². The maximum atomic E-state index is 12.3. The molecule has 0 saturated carbocycles. The van der Waals surface area contributed by atoms with Gasteiger partial charge in [-0.15, -0.1) is 11.3 Å². The highest BCUT2D eigenvalue weighted by Gasteiger charge is 2.23. The van der Waals surface area contributed by atoms with Crippen LogP contribution >= 0.6 is 22.9 Å². The first kappa shape index (κ1) is 19.9. The van der Waals surface area contributed by atoms with E-state index in [1.807, 2.05) is 6.07 Å². The summed E-state index contributed by atoms with van der Waals surface area (Å²) in [6.07, 6.45) is 0.531. The first-order valence-electron chi connectivity index (χ1n) is 8.22. The molecule has 7 nitrogen and oxygen atoms in total. The Bertz CT molecular complexity index is 916. The molecule has 27 heavy (non-hydrogen) atoms. The fraction of sp³-hybridized carbons (Fsp3) is 0.353. The van der Waals surface area contributed by atoms with E-state index < -0.39 is 10.0 Å². The second-order valence-electron chi connectivity index (χ2n) is 5.89. The molecule has 1 aliphatic heterocycles. The van der Waals surface area contributed by atoms with E-state index >= 15 is 0 Å². The second kappa shape index (κ2) is 8.47. The first-order valence-corrected chi connectivity index (χ1v) is 10.9.